The monoisotopic (exact) mass is 379 g/mol. The van der Waals surface area contributed by atoms with Crippen LogP contribution in [0.15, 0.2) is 88.1 Å². The van der Waals surface area contributed by atoms with Crippen LogP contribution >= 0.6 is 11.8 Å². The molecule has 0 radical (unpaired) electrons. The van der Waals surface area contributed by atoms with E-state index in [2.05, 4.69) is 4.99 Å². The summed E-state index contributed by atoms with van der Waals surface area (Å²) in [4.78, 5) is 5.63. The molecule has 0 aliphatic rings. The fraction of sp³-hybridized carbons (Fsp3) is 0.0870. The Hall–Kier alpha value is -2.72. The van der Waals surface area contributed by atoms with Crippen molar-refractivity contribution in [3.8, 4) is 0 Å². The van der Waals surface area contributed by atoms with Crippen LogP contribution in [0.2, 0.25) is 0 Å². The highest BCUT2D eigenvalue weighted by Gasteiger charge is 2.09. The minimum absolute atomic E-state index is 0.262. The molecule has 0 N–H and O–H groups in total. The van der Waals surface area contributed by atoms with Gasteiger partial charge in [0.2, 0.25) is 0 Å². The van der Waals surface area contributed by atoms with Gasteiger partial charge in [-0.05, 0) is 61.7 Å². The first-order chi connectivity index (χ1) is 13.0. The van der Waals surface area contributed by atoms with Gasteiger partial charge in [0.1, 0.15) is 11.6 Å². The van der Waals surface area contributed by atoms with Gasteiger partial charge in [0.05, 0.1) is 11.4 Å². The third-order valence-electron chi connectivity index (χ3n) is 3.94. The second-order valence-corrected chi connectivity index (χ2v) is 7.17. The molecular weight excluding hydrogens is 360 g/mol. The van der Waals surface area contributed by atoms with Crippen LogP contribution < -0.4 is 0 Å². The van der Waals surface area contributed by atoms with Gasteiger partial charge in [-0.1, -0.05) is 47.2 Å². The van der Waals surface area contributed by atoms with Crippen LogP contribution in [-0.2, 0) is 0 Å². The molecule has 1 nitrogen and oxygen atoms in total. The highest BCUT2D eigenvalue weighted by molar-refractivity contribution is 8.02. The number of aryl methyl sites for hydroxylation is 2. The molecule has 0 aliphatic carbocycles. The van der Waals surface area contributed by atoms with Gasteiger partial charge >= 0.3 is 0 Å². The standard InChI is InChI=1S/C23H19F2NS/c1-16-3-8-19(9-4-16)26-23(21-12-7-18(24)15-22(21)25)13-14-27-20-10-5-17(2)6-11-20/h3-15H,1-2H3/b14-13+,26-23?. The average Bonchev–Trinajstić information content (AvgIpc) is 2.64. The smallest absolute Gasteiger partial charge is 0.135 e. The Morgan fingerprint density at radius 2 is 1.48 bits per heavy atom. The first-order valence-corrected chi connectivity index (χ1v) is 9.40. The molecule has 3 rings (SSSR count). The van der Waals surface area contributed by atoms with E-state index in [0.29, 0.717) is 11.4 Å². The number of thioether (sulfide) groups is 1. The molecule has 0 aliphatic heterocycles. The molecule has 3 aromatic rings. The molecule has 4 heteroatoms. The molecule has 0 saturated heterocycles. The molecule has 0 bridgehead atoms. The third kappa shape index (κ3) is 5.38. The van der Waals surface area contributed by atoms with Crippen LogP contribution in [0.25, 0.3) is 0 Å². The van der Waals surface area contributed by atoms with E-state index in [1.807, 2.05) is 67.8 Å². The zero-order chi connectivity index (χ0) is 19.2. The first kappa shape index (κ1) is 19.1. The van der Waals surface area contributed by atoms with E-state index < -0.39 is 11.6 Å². The van der Waals surface area contributed by atoms with Crippen molar-refractivity contribution in [3.05, 3.63) is 107 Å². The van der Waals surface area contributed by atoms with Crippen molar-refractivity contribution in [2.45, 2.75) is 18.7 Å². The molecule has 0 aromatic heterocycles. The van der Waals surface area contributed by atoms with Crippen molar-refractivity contribution in [3.63, 3.8) is 0 Å². The number of halogens is 2. The largest absolute Gasteiger partial charge is 0.248 e. The van der Waals surface area contributed by atoms with E-state index >= 15 is 0 Å². The van der Waals surface area contributed by atoms with Gasteiger partial charge in [-0.25, -0.2) is 13.8 Å². The molecule has 0 saturated carbocycles. The minimum atomic E-state index is -0.633. The van der Waals surface area contributed by atoms with Crippen molar-refractivity contribution in [2.24, 2.45) is 4.99 Å². The lowest BCUT2D eigenvalue weighted by Gasteiger charge is -2.05. The lowest BCUT2D eigenvalue weighted by Crippen LogP contribution is -2.01. The summed E-state index contributed by atoms with van der Waals surface area (Å²) >= 11 is 1.52. The normalized spacial score (nSPS) is 11.9. The SMILES string of the molecule is Cc1ccc(N=C(/C=C/Sc2ccc(C)cc2)c2ccc(F)cc2F)cc1. The molecular formula is C23H19F2NS. The Morgan fingerprint density at radius 1 is 0.852 bits per heavy atom. The quantitative estimate of drug-likeness (QED) is 0.343. The zero-order valence-electron chi connectivity index (χ0n) is 15.1. The maximum Gasteiger partial charge on any atom is 0.135 e. The summed E-state index contributed by atoms with van der Waals surface area (Å²) in [6, 6.07) is 19.3. The number of allylic oxidation sites excluding steroid dienone is 1. The Balaban J connectivity index is 1.92. The third-order valence-corrected chi connectivity index (χ3v) is 4.76. The molecule has 0 atom stereocenters. The molecule has 0 heterocycles. The van der Waals surface area contributed by atoms with Crippen molar-refractivity contribution >= 4 is 23.2 Å². The van der Waals surface area contributed by atoms with Crippen molar-refractivity contribution < 1.29 is 8.78 Å². The summed E-state index contributed by atoms with van der Waals surface area (Å²) < 4.78 is 27.6. The first-order valence-electron chi connectivity index (χ1n) is 8.52. The molecule has 0 spiro atoms. The van der Waals surface area contributed by atoms with Gasteiger partial charge < -0.3 is 0 Å². The predicted molar refractivity (Wildman–Crippen MR) is 110 cm³/mol. The van der Waals surface area contributed by atoms with Crippen LogP contribution in [0, 0.1) is 25.5 Å². The van der Waals surface area contributed by atoms with Gasteiger partial charge in [0.15, 0.2) is 0 Å². The van der Waals surface area contributed by atoms with E-state index in [1.165, 1.54) is 29.5 Å². The topological polar surface area (TPSA) is 12.4 Å². The summed E-state index contributed by atoms with van der Waals surface area (Å²) in [6.45, 7) is 4.03. The van der Waals surface area contributed by atoms with Crippen LogP contribution in [-0.4, -0.2) is 5.71 Å². The summed E-state index contributed by atoms with van der Waals surface area (Å²) in [5.41, 5.74) is 3.73. The fourth-order valence-electron chi connectivity index (χ4n) is 2.44. The highest BCUT2D eigenvalue weighted by Crippen LogP contribution is 2.22. The maximum atomic E-state index is 14.3. The summed E-state index contributed by atoms with van der Waals surface area (Å²) in [7, 11) is 0. The average molecular weight is 379 g/mol. The van der Waals surface area contributed by atoms with Crippen LogP contribution in [0.4, 0.5) is 14.5 Å². The zero-order valence-corrected chi connectivity index (χ0v) is 15.9. The van der Waals surface area contributed by atoms with E-state index in [0.717, 1.165) is 16.5 Å². The second kappa shape index (κ2) is 8.78. The maximum absolute atomic E-state index is 14.3. The lowest BCUT2D eigenvalue weighted by atomic mass is 10.1. The van der Waals surface area contributed by atoms with Crippen LogP contribution in [0.3, 0.4) is 0 Å². The molecule has 27 heavy (non-hydrogen) atoms. The number of nitrogens with zero attached hydrogens (tertiary/aromatic N) is 1. The number of benzene rings is 3. The Bertz CT molecular complexity index is 974. The van der Waals surface area contributed by atoms with Crippen molar-refractivity contribution in [2.75, 3.05) is 0 Å². The number of rotatable bonds is 5. The number of aliphatic imine (C=N–C) groups is 1. The van der Waals surface area contributed by atoms with Gasteiger partial charge in [-0.2, -0.15) is 0 Å². The van der Waals surface area contributed by atoms with E-state index in [9.17, 15) is 8.78 Å². The molecule has 136 valence electrons. The van der Waals surface area contributed by atoms with Crippen molar-refractivity contribution in [1.82, 2.24) is 0 Å². The van der Waals surface area contributed by atoms with Gasteiger partial charge in [0, 0.05) is 16.5 Å². The van der Waals surface area contributed by atoms with Crippen LogP contribution in [0.5, 0.6) is 0 Å². The summed E-state index contributed by atoms with van der Waals surface area (Å²) in [5, 5.41) is 1.86. The molecule has 0 amide bonds. The molecule has 0 fully saturated rings. The predicted octanol–water partition coefficient (Wildman–Crippen LogP) is 7.01. The Kier molecular flexibility index (Phi) is 6.20. The minimum Gasteiger partial charge on any atom is -0.248 e. The fourth-order valence-corrected chi connectivity index (χ4v) is 3.08. The Labute approximate surface area is 162 Å². The Morgan fingerprint density at radius 3 is 2.11 bits per heavy atom. The van der Waals surface area contributed by atoms with E-state index in [1.54, 1.807) is 6.08 Å². The van der Waals surface area contributed by atoms with E-state index in [4.69, 9.17) is 0 Å². The van der Waals surface area contributed by atoms with E-state index in [-0.39, 0.29) is 5.56 Å². The summed E-state index contributed by atoms with van der Waals surface area (Å²) in [5.74, 6) is -1.24. The van der Waals surface area contributed by atoms with Crippen molar-refractivity contribution in [1.29, 1.82) is 0 Å². The van der Waals surface area contributed by atoms with Gasteiger partial charge in [-0.3, -0.25) is 0 Å². The number of hydrogen-bond acceptors (Lipinski definition) is 2. The van der Waals surface area contributed by atoms with Gasteiger partial charge in [0.25, 0.3) is 0 Å². The molecule has 0 unspecified atom stereocenters. The van der Waals surface area contributed by atoms with Gasteiger partial charge in [-0.15, -0.1) is 0 Å². The number of hydrogen-bond donors (Lipinski definition) is 0. The highest BCUT2D eigenvalue weighted by atomic mass is 32.2. The van der Waals surface area contributed by atoms with Crippen LogP contribution in [0.1, 0.15) is 16.7 Å². The summed E-state index contributed by atoms with van der Waals surface area (Å²) in [6.07, 6.45) is 1.75. The second-order valence-electron chi connectivity index (χ2n) is 6.19. The molecule has 3 aromatic carbocycles. The lowest BCUT2D eigenvalue weighted by molar-refractivity contribution is 0.582.